The monoisotopic (exact) mass is 453 g/mol. The molecule has 0 bridgehead atoms. The maximum atomic E-state index is 13.7. The van der Waals surface area contributed by atoms with Gasteiger partial charge in [-0.25, -0.2) is 0 Å². The lowest BCUT2D eigenvalue weighted by Crippen LogP contribution is -2.51. The van der Waals surface area contributed by atoms with E-state index in [4.69, 9.17) is 0 Å². The van der Waals surface area contributed by atoms with Crippen LogP contribution in [0.5, 0.6) is 0 Å². The second-order valence-electron chi connectivity index (χ2n) is 10.8. The Morgan fingerprint density at radius 2 is 2.06 bits per heavy atom. The summed E-state index contributed by atoms with van der Waals surface area (Å²) < 4.78 is 0. The molecular formula is C28H31N5O. The number of hydrogen-bond donors (Lipinski definition) is 1. The van der Waals surface area contributed by atoms with Crippen LogP contribution in [-0.2, 0) is 23.2 Å². The van der Waals surface area contributed by atoms with Crippen LogP contribution in [0, 0.1) is 5.41 Å². The number of anilines is 1. The first-order valence-electron chi connectivity index (χ1n) is 12.3. The number of azo groups is 1. The molecule has 2 atom stereocenters. The molecule has 4 heterocycles. The Morgan fingerprint density at radius 1 is 1.18 bits per heavy atom. The van der Waals surface area contributed by atoms with Crippen molar-refractivity contribution in [3.63, 3.8) is 0 Å². The summed E-state index contributed by atoms with van der Waals surface area (Å²) >= 11 is 0. The zero-order valence-electron chi connectivity index (χ0n) is 20.1. The molecule has 0 fully saturated rings. The Hall–Kier alpha value is -3.28. The van der Waals surface area contributed by atoms with Gasteiger partial charge in [-0.05, 0) is 59.6 Å². The van der Waals surface area contributed by atoms with E-state index in [1.807, 2.05) is 18.6 Å². The highest BCUT2D eigenvalue weighted by Crippen LogP contribution is 2.54. The largest absolute Gasteiger partial charge is 0.367 e. The topological polar surface area (TPSA) is 70.0 Å². The zero-order valence-corrected chi connectivity index (χ0v) is 20.1. The number of nitrogens with one attached hydrogen (secondary N) is 1. The Balaban J connectivity index is 1.47. The molecule has 2 aromatic rings. The Bertz CT molecular complexity index is 1270. The van der Waals surface area contributed by atoms with Crippen LogP contribution in [-0.4, -0.2) is 23.5 Å². The van der Waals surface area contributed by atoms with E-state index in [0.29, 0.717) is 6.42 Å². The Kier molecular flexibility index (Phi) is 4.77. The zero-order chi connectivity index (χ0) is 23.5. The molecule has 6 rings (SSSR count). The Morgan fingerprint density at radius 3 is 2.91 bits per heavy atom. The quantitative estimate of drug-likeness (QED) is 0.692. The first kappa shape index (κ1) is 21.3. The summed E-state index contributed by atoms with van der Waals surface area (Å²) in [7, 11) is 0. The normalized spacial score (nSPS) is 27.0. The van der Waals surface area contributed by atoms with Crippen molar-refractivity contribution < 1.29 is 4.79 Å². The summed E-state index contributed by atoms with van der Waals surface area (Å²) in [5.74, 6) is 0.247. The van der Waals surface area contributed by atoms with Crippen molar-refractivity contribution in [1.29, 1.82) is 0 Å². The summed E-state index contributed by atoms with van der Waals surface area (Å²) in [6.07, 6.45) is 8.77. The predicted octanol–water partition coefficient (Wildman–Crippen LogP) is 5.21. The summed E-state index contributed by atoms with van der Waals surface area (Å²) in [5, 5.41) is 12.4. The highest BCUT2D eigenvalue weighted by atomic mass is 16.1. The fraction of sp³-hybridized carbons (Fsp3) is 0.429. The van der Waals surface area contributed by atoms with Gasteiger partial charge in [0.05, 0.1) is 11.6 Å². The number of carbonyl (C=O) groups is 1. The number of rotatable bonds is 3. The van der Waals surface area contributed by atoms with Crippen molar-refractivity contribution in [1.82, 2.24) is 10.3 Å². The van der Waals surface area contributed by atoms with Crippen LogP contribution in [0.2, 0.25) is 0 Å². The van der Waals surface area contributed by atoms with E-state index in [0.717, 1.165) is 49.2 Å². The highest BCUT2D eigenvalue weighted by Gasteiger charge is 2.53. The van der Waals surface area contributed by atoms with Gasteiger partial charge in [-0.15, -0.1) is 0 Å². The average molecular weight is 454 g/mol. The summed E-state index contributed by atoms with van der Waals surface area (Å²) in [4.78, 5) is 20.4. The molecule has 1 aliphatic carbocycles. The minimum atomic E-state index is -0.504. The average Bonchev–Trinajstić information content (AvgIpc) is 3.30. The molecule has 2 unspecified atom stereocenters. The van der Waals surface area contributed by atoms with Crippen molar-refractivity contribution in [2.75, 3.05) is 11.4 Å². The van der Waals surface area contributed by atoms with Crippen LogP contribution in [0.3, 0.4) is 0 Å². The van der Waals surface area contributed by atoms with Gasteiger partial charge in [-0.2, -0.15) is 10.2 Å². The van der Waals surface area contributed by atoms with Crippen LogP contribution in [0.25, 0.3) is 0 Å². The maximum absolute atomic E-state index is 13.7. The predicted molar refractivity (Wildman–Crippen MR) is 132 cm³/mol. The van der Waals surface area contributed by atoms with Gasteiger partial charge in [0.15, 0.2) is 11.9 Å². The lowest BCUT2D eigenvalue weighted by atomic mass is 9.59. The first-order valence-corrected chi connectivity index (χ1v) is 12.3. The third kappa shape index (κ3) is 3.15. The second-order valence-corrected chi connectivity index (χ2v) is 10.8. The molecule has 0 radical (unpaired) electrons. The number of ketones is 1. The first-order chi connectivity index (χ1) is 16.4. The van der Waals surface area contributed by atoms with Crippen LogP contribution in [0.15, 0.2) is 76.0 Å². The van der Waals surface area contributed by atoms with Crippen molar-refractivity contribution in [3.05, 3.63) is 82.5 Å². The number of Topliss-reactive ketones (excluding diaryl/α,β-unsaturated/α-hetero) is 1. The molecule has 6 nitrogen and oxygen atoms in total. The van der Waals surface area contributed by atoms with Crippen LogP contribution in [0.4, 0.5) is 5.69 Å². The van der Waals surface area contributed by atoms with Crippen LogP contribution < -0.4 is 10.2 Å². The molecule has 174 valence electrons. The highest BCUT2D eigenvalue weighted by molar-refractivity contribution is 6.01. The van der Waals surface area contributed by atoms with Crippen molar-refractivity contribution in [2.24, 2.45) is 15.6 Å². The van der Waals surface area contributed by atoms with E-state index in [2.05, 4.69) is 76.5 Å². The molecular weight excluding hydrogens is 422 g/mol. The van der Waals surface area contributed by atoms with Crippen LogP contribution >= 0.6 is 0 Å². The minimum Gasteiger partial charge on any atom is -0.367 e. The van der Waals surface area contributed by atoms with E-state index in [9.17, 15) is 4.79 Å². The standard InChI is InChI=1S/C28H31N5O/c1-4-28(22-16-30-32-26(22)31-23-13-27(2,3)14-24(34)25(23)28)20-6-5-7-21(12-20)33-11-9-18-15-29-10-8-19(18)17-33/h5-8,10,12,15-16,26,31H,4,9,11,13-14,17H2,1-3H3. The van der Waals surface area contributed by atoms with E-state index in [-0.39, 0.29) is 17.4 Å². The fourth-order valence-corrected chi connectivity index (χ4v) is 6.45. The molecule has 1 aromatic carbocycles. The number of aromatic nitrogens is 1. The number of nitrogens with zero attached hydrogens (tertiary/aromatic N) is 4. The maximum Gasteiger partial charge on any atom is 0.164 e. The van der Waals surface area contributed by atoms with Gasteiger partial charge in [0, 0.05) is 54.4 Å². The van der Waals surface area contributed by atoms with Gasteiger partial charge in [-0.1, -0.05) is 32.9 Å². The lowest BCUT2D eigenvalue weighted by molar-refractivity contribution is -0.119. The number of hydrogen-bond acceptors (Lipinski definition) is 6. The molecule has 1 N–H and O–H groups in total. The lowest BCUT2D eigenvalue weighted by Gasteiger charge is -2.48. The summed E-state index contributed by atoms with van der Waals surface area (Å²) in [6, 6.07) is 10.9. The van der Waals surface area contributed by atoms with Crippen molar-refractivity contribution in [2.45, 2.75) is 64.6 Å². The van der Waals surface area contributed by atoms with E-state index in [1.54, 1.807) is 0 Å². The fourth-order valence-electron chi connectivity index (χ4n) is 6.45. The summed E-state index contributed by atoms with van der Waals surface area (Å²) in [6.45, 7) is 8.38. The number of carbonyl (C=O) groups excluding carboxylic acids is 1. The molecule has 0 saturated heterocycles. The second kappa shape index (κ2) is 7.62. The third-order valence-electron chi connectivity index (χ3n) is 8.03. The molecule has 4 aliphatic rings. The van der Waals surface area contributed by atoms with Crippen molar-refractivity contribution in [3.8, 4) is 0 Å². The number of benzene rings is 1. The number of fused-ring (bicyclic) bond motifs is 2. The smallest absolute Gasteiger partial charge is 0.164 e. The molecule has 3 aliphatic heterocycles. The van der Waals surface area contributed by atoms with Gasteiger partial charge in [0.2, 0.25) is 0 Å². The number of pyridine rings is 1. The molecule has 1 aromatic heterocycles. The Labute approximate surface area is 200 Å². The van der Waals surface area contributed by atoms with Gasteiger partial charge in [0.25, 0.3) is 0 Å². The van der Waals surface area contributed by atoms with Gasteiger partial charge >= 0.3 is 0 Å². The summed E-state index contributed by atoms with van der Waals surface area (Å²) in [5.41, 5.74) is 7.55. The van der Waals surface area contributed by atoms with Gasteiger partial charge < -0.3 is 10.2 Å². The van der Waals surface area contributed by atoms with Crippen LogP contribution in [0.1, 0.15) is 56.7 Å². The van der Waals surface area contributed by atoms with E-state index >= 15 is 0 Å². The van der Waals surface area contributed by atoms with Crippen molar-refractivity contribution >= 4 is 11.5 Å². The minimum absolute atomic E-state index is 0.0583. The van der Waals surface area contributed by atoms with E-state index < -0.39 is 5.41 Å². The molecule has 6 heteroatoms. The van der Waals surface area contributed by atoms with E-state index in [1.165, 1.54) is 22.4 Å². The third-order valence-corrected chi connectivity index (χ3v) is 8.03. The number of allylic oxidation sites excluding steroid dienone is 2. The molecule has 0 spiro atoms. The molecule has 0 amide bonds. The van der Waals surface area contributed by atoms with Gasteiger partial charge in [0.1, 0.15) is 0 Å². The van der Waals surface area contributed by atoms with Gasteiger partial charge in [-0.3, -0.25) is 9.78 Å². The molecule has 34 heavy (non-hydrogen) atoms. The SMILES string of the molecule is CCC1(c2cccc(N3CCc4cnccc4C3)c2)C2=CN=NC2NC2=C1C(=O)CC(C)(C)C2. The molecule has 0 saturated carbocycles.